The fourth-order valence-electron chi connectivity index (χ4n) is 0.649. The van der Waals surface area contributed by atoms with E-state index in [0.29, 0.717) is 0 Å². The molecule has 0 saturated carbocycles. The number of carbonyl (C=O) groups excluding carboxylic acids is 1. The van der Waals surface area contributed by atoms with Gasteiger partial charge in [-0.05, 0) is 11.4 Å². The van der Waals surface area contributed by atoms with Crippen molar-refractivity contribution in [1.82, 2.24) is 0 Å². The smallest absolute Gasteiger partial charge is 0.544 e. The van der Waals surface area contributed by atoms with Crippen molar-refractivity contribution in [2.24, 2.45) is 0 Å². The molecule has 0 bridgehead atoms. The maximum absolute atomic E-state index is 10.4. The molecular weight excluding hydrogens is 195 g/mol. The number of aromatic carboxylic acids is 1. The molecule has 0 N–H and O–H groups in total. The molecule has 2 nitrogen and oxygen atoms in total. The molecule has 0 aliphatic rings. The molecule has 1 heterocycles. The Balaban J connectivity index is 0.00000144. The van der Waals surface area contributed by atoms with E-state index < -0.39 is 5.97 Å². The van der Waals surface area contributed by atoms with Crippen molar-refractivity contribution in [3.05, 3.63) is 46.7 Å². The van der Waals surface area contributed by atoms with E-state index in [2.05, 4.69) is 0 Å². The minimum absolute atomic E-state index is 0. The van der Waals surface area contributed by atoms with Gasteiger partial charge in [-0.3, -0.25) is 0 Å². The second kappa shape index (κ2) is 7.09. The Morgan fingerprint density at radius 1 is 1.15 bits per heavy atom. The normalized spacial score (nSPS) is 8.00. The van der Waals surface area contributed by atoms with Crippen LogP contribution in [0.3, 0.4) is 0 Å². The van der Waals surface area contributed by atoms with Crippen LogP contribution < -0.4 is 34.7 Å². The van der Waals surface area contributed by atoms with Gasteiger partial charge in [0.25, 0.3) is 0 Å². The molecule has 0 aliphatic heterocycles. The Morgan fingerprint density at radius 2 is 1.77 bits per heavy atom. The van der Waals surface area contributed by atoms with Crippen molar-refractivity contribution in [3.63, 3.8) is 0 Å². The van der Waals surface area contributed by atoms with Gasteiger partial charge in [0.05, 0.1) is 5.97 Å². The number of hydrogen-bond donors (Lipinski definition) is 0. The molecule has 0 spiro atoms. The standard InChI is InChI=1S/C9H8O2S.Na/c10-9(11)8-6-4-2-1-3-5-7-12-8;/h1-7H,(H,10,11);/q;+1/p-1. The number of carboxylic acids is 1. The molecule has 0 saturated heterocycles. The van der Waals surface area contributed by atoms with Gasteiger partial charge in [-0.15, -0.1) is 11.3 Å². The summed E-state index contributed by atoms with van der Waals surface area (Å²) in [6, 6.07) is 10.4. The summed E-state index contributed by atoms with van der Waals surface area (Å²) in [6.07, 6.45) is 0. The fraction of sp³-hybridized carbons (Fsp3) is 0. The minimum Gasteiger partial charge on any atom is -0.544 e. The summed E-state index contributed by atoms with van der Waals surface area (Å²) in [5.41, 5.74) is 0. The van der Waals surface area contributed by atoms with Crippen molar-refractivity contribution < 1.29 is 39.5 Å². The third-order valence-electron chi connectivity index (χ3n) is 1.17. The Bertz CT molecular complexity index is 297. The van der Waals surface area contributed by atoms with E-state index in [1.165, 1.54) is 6.07 Å². The molecular formula is C9H7NaO2S. The third-order valence-corrected chi connectivity index (χ3v) is 2.02. The molecule has 4 heteroatoms. The predicted molar refractivity (Wildman–Crippen MR) is 46.3 cm³/mol. The largest absolute Gasteiger partial charge is 1.00 e. The van der Waals surface area contributed by atoms with E-state index in [-0.39, 0.29) is 34.4 Å². The summed E-state index contributed by atoms with van der Waals surface area (Å²) in [6.45, 7) is 0. The first-order valence-electron chi connectivity index (χ1n) is 3.39. The summed E-state index contributed by atoms with van der Waals surface area (Å²) in [4.78, 5) is 10.7. The summed E-state index contributed by atoms with van der Waals surface area (Å²) in [5, 5.41) is 12.1. The maximum Gasteiger partial charge on any atom is 1.00 e. The molecule has 13 heavy (non-hydrogen) atoms. The van der Waals surface area contributed by atoms with Gasteiger partial charge >= 0.3 is 29.6 Å². The van der Waals surface area contributed by atoms with Crippen LogP contribution >= 0.6 is 11.3 Å². The van der Waals surface area contributed by atoms with Crippen molar-refractivity contribution in [2.45, 2.75) is 0 Å². The Hall–Kier alpha value is -0.350. The van der Waals surface area contributed by atoms with Gasteiger partial charge in [0.1, 0.15) is 0 Å². The van der Waals surface area contributed by atoms with Crippen LogP contribution in [0, 0.1) is 0 Å². The minimum atomic E-state index is -1.14. The van der Waals surface area contributed by atoms with E-state index in [0.717, 1.165) is 11.3 Å². The van der Waals surface area contributed by atoms with E-state index in [1.54, 1.807) is 23.6 Å². The SMILES string of the molecule is O=C([O-])c1cccccccs1.[Na+]. The zero-order valence-electron chi connectivity index (χ0n) is 7.27. The van der Waals surface area contributed by atoms with Gasteiger partial charge in [-0.1, -0.05) is 30.3 Å². The van der Waals surface area contributed by atoms with Gasteiger partial charge in [-0.25, -0.2) is 0 Å². The molecule has 0 unspecified atom stereocenters. The molecule has 0 amide bonds. The number of rotatable bonds is 1. The van der Waals surface area contributed by atoms with Crippen molar-refractivity contribution in [2.75, 3.05) is 0 Å². The molecule has 1 aromatic heterocycles. The summed E-state index contributed by atoms with van der Waals surface area (Å²) in [7, 11) is 0. The maximum atomic E-state index is 10.4. The first-order chi connectivity index (χ1) is 5.80. The molecule has 62 valence electrons. The molecule has 1 aromatic rings. The molecule has 0 aromatic carbocycles. The summed E-state index contributed by atoms with van der Waals surface area (Å²) < 4.78 is 0. The van der Waals surface area contributed by atoms with Crippen LogP contribution in [0.1, 0.15) is 9.67 Å². The Morgan fingerprint density at radius 3 is 2.46 bits per heavy atom. The van der Waals surface area contributed by atoms with Crippen LogP contribution in [0.5, 0.6) is 0 Å². The van der Waals surface area contributed by atoms with E-state index in [4.69, 9.17) is 0 Å². The second-order valence-electron chi connectivity index (χ2n) is 2.03. The average molecular weight is 202 g/mol. The average Bonchev–Trinajstić information content (AvgIpc) is 2.15. The van der Waals surface area contributed by atoms with Crippen molar-refractivity contribution >= 4 is 17.3 Å². The van der Waals surface area contributed by atoms with Crippen LogP contribution in [0.25, 0.3) is 0 Å². The van der Waals surface area contributed by atoms with Crippen LogP contribution in [0.2, 0.25) is 0 Å². The number of carboxylic acid groups (broad SMARTS) is 1. The van der Waals surface area contributed by atoms with E-state index in [9.17, 15) is 9.90 Å². The third kappa shape index (κ3) is 5.05. The quantitative estimate of drug-likeness (QED) is 0.506. The van der Waals surface area contributed by atoms with Crippen LogP contribution in [-0.2, 0) is 0 Å². The molecule has 1 rings (SSSR count). The first kappa shape index (κ1) is 12.7. The molecule has 0 aliphatic carbocycles. The van der Waals surface area contributed by atoms with Gasteiger partial charge in [-0.2, -0.15) is 0 Å². The van der Waals surface area contributed by atoms with Crippen molar-refractivity contribution in [1.29, 1.82) is 0 Å². The fourth-order valence-corrected chi connectivity index (χ4v) is 1.22. The van der Waals surface area contributed by atoms with E-state index >= 15 is 0 Å². The van der Waals surface area contributed by atoms with Crippen LogP contribution in [0.4, 0.5) is 0 Å². The van der Waals surface area contributed by atoms with Crippen LogP contribution in [0.15, 0.2) is 41.8 Å². The van der Waals surface area contributed by atoms with Gasteiger partial charge < -0.3 is 9.90 Å². The zero-order chi connectivity index (χ0) is 8.81. The second-order valence-corrected chi connectivity index (χ2v) is 2.98. The molecule has 0 radical (unpaired) electrons. The van der Waals surface area contributed by atoms with Gasteiger partial charge in [0.2, 0.25) is 0 Å². The Kier molecular flexibility index (Phi) is 6.90. The molecule has 0 fully saturated rings. The summed E-state index contributed by atoms with van der Waals surface area (Å²) >= 11 is 1.13. The monoisotopic (exact) mass is 202 g/mol. The Labute approximate surface area is 103 Å². The van der Waals surface area contributed by atoms with Gasteiger partial charge in [0, 0.05) is 4.88 Å². The van der Waals surface area contributed by atoms with Crippen LogP contribution in [-0.4, -0.2) is 5.97 Å². The summed E-state index contributed by atoms with van der Waals surface area (Å²) in [5.74, 6) is -1.14. The zero-order valence-corrected chi connectivity index (χ0v) is 10.1. The topological polar surface area (TPSA) is 40.1 Å². The first-order valence-corrected chi connectivity index (χ1v) is 4.27. The van der Waals surface area contributed by atoms with Gasteiger partial charge in [0.15, 0.2) is 0 Å². The number of hydrogen-bond acceptors (Lipinski definition) is 3. The van der Waals surface area contributed by atoms with Crippen molar-refractivity contribution in [3.8, 4) is 0 Å². The number of carbonyl (C=O) groups is 1. The predicted octanol–water partition coefficient (Wildman–Crippen LogP) is -1.76. The molecule has 0 atom stereocenters. The van der Waals surface area contributed by atoms with E-state index in [1.807, 2.05) is 12.1 Å².